The topological polar surface area (TPSA) is 45.2 Å². The standard InChI is InChI=1S/C14H22ClN5/c1-14(2)7-6-10-20(14)13-17-11(15)16-12(18-13)19-8-4-3-5-9-19/h3-10H2,1-2H3. The van der Waals surface area contributed by atoms with Crippen LogP contribution in [0.25, 0.3) is 0 Å². The van der Waals surface area contributed by atoms with E-state index in [-0.39, 0.29) is 5.54 Å². The Kier molecular flexibility index (Phi) is 3.71. The van der Waals surface area contributed by atoms with Crippen molar-refractivity contribution in [1.82, 2.24) is 15.0 Å². The Morgan fingerprint density at radius 3 is 2.25 bits per heavy atom. The molecule has 20 heavy (non-hydrogen) atoms. The molecule has 3 heterocycles. The largest absolute Gasteiger partial charge is 0.341 e. The van der Waals surface area contributed by atoms with E-state index in [1.807, 2.05) is 0 Å². The summed E-state index contributed by atoms with van der Waals surface area (Å²) in [6.07, 6.45) is 6.04. The van der Waals surface area contributed by atoms with Crippen LogP contribution in [0.2, 0.25) is 5.28 Å². The van der Waals surface area contributed by atoms with Gasteiger partial charge in [0.05, 0.1) is 0 Å². The van der Waals surface area contributed by atoms with E-state index in [1.54, 1.807) is 0 Å². The SMILES string of the molecule is CC1(C)CCCN1c1nc(Cl)nc(N2CCCCC2)n1. The molecule has 2 aliphatic rings. The van der Waals surface area contributed by atoms with Gasteiger partial charge in [-0.3, -0.25) is 0 Å². The van der Waals surface area contributed by atoms with Crippen LogP contribution in [-0.4, -0.2) is 40.1 Å². The number of hydrogen-bond acceptors (Lipinski definition) is 5. The van der Waals surface area contributed by atoms with Crippen LogP contribution in [0.1, 0.15) is 46.0 Å². The van der Waals surface area contributed by atoms with Crippen LogP contribution in [0.4, 0.5) is 11.9 Å². The predicted octanol–water partition coefficient (Wildman–Crippen LogP) is 2.89. The smallest absolute Gasteiger partial charge is 0.231 e. The lowest BCUT2D eigenvalue weighted by atomic mass is 10.0. The molecule has 0 aliphatic carbocycles. The highest BCUT2D eigenvalue weighted by atomic mass is 35.5. The van der Waals surface area contributed by atoms with E-state index >= 15 is 0 Å². The molecule has 0 bridgehead atoms. The molecule has 0 unspecified atom stereocenters. The summed E-state index contributed by atoms with van der Waals surface area (Å²) >= 11 is 6.13. The van der Waals surface area contributed by atoms with Gasteiger partial charge in [0.1, 0.15) is 0 Å². The fourth-order valence-corrected chi connectivity index (χ4v) is 3.31. The molecule has 0 atom stereocenters. The van der Waals surface area contributed by atoms with E-state index < -0.39 is 0 Å². The zero-order valence-electron chi connectivity index (χ0n) is 12.3. The molecular formula is C14H22ClN5. The molecule has 110 valence electrons. The summed E-state index contributed by atoms with van der Waals surface area (Å²) in [5.41, 5.74) is 0.101. The molecule has 2 saturated heterocycles. The lowest BCUT2D eigenvalue weighted by Gasteiger charge is -2.33. The van der Waals surface area contributed by atoms with Crippen LogP contribution in [0, 0.1) is 0 Å². The fraction of sp³-hybridized carbons (Fsp3) is 0.786. The number of hydrogen-bond donors (Lipinski definition) is 0. The first-order valence-corrected chi connectivity index (χ1v) is 7.88. The second-order valence-corrected chi connectivity index (χ2v) is 6.66. The van der Waals surface area contributed by atoms with Crippen molar-refractivity contribution in [3.05, 3.63) is 5.28 Å². The van der Waals surface area contributed by atoms with Crippen molar-refractivity contribution in [2.24, 2.45) is 0 Å². The van der Waals surface area contributed by atoms with Gasteiger partial charge in [-0.15, -0.1) is 0 Å². The van der Waals surface area contributed by atoms with Gasteiger partial charge in [-0.25, -0.2) is 0 Å². The Hall–Kier alpha value is -1.10. The monoisotopic (exact) mass is 295 g/mol. The number of anilines is 2. The molecule has 0 amide bonds. The van der Waals surface area contributed by atoms with Gasteiger partial charge >= 0.3 is 0 Å². The predicted molar refractivity (Wildman–Crippen MR) is 81.6 cm³/mol. The molecule has 5 nitrogen and oxygen atoms in total. The Bertz CT molecular complexity index is 484. The van der Waals surface area contributed by atoms with Crippen LogP contribution in [0.5, 0.6) is 0 Å². The van der Waals surface area contributed by atoms with Gasteiger partial charge in [-0.2, -0.15) is 15.0 Å². The first-order chi connectivity index (χ1) is 9.56. The van der Waals surface area contributed by atoms with E-state index in [0.717, 1.165) is 38.0 Å². The number of rotatable bonds is 2. The van der Waals surface area contributed by atoms with Crippen molar-refractivity contribution < 1.29 is 0 Å². The Labute approximate surface area is 125 Å². The third kappa shape index (κ3) is 2.68. The maximum absolute atomic E-state index is 6.13. The molecule has 1 aromatic rings. The minimum absolute atomic E-state index is 0.101. The molecule has 0 N–H and O–H groups in total. The fourth-order valence-electron chi connectivity index (χ4n) is 3.16. The molecule has 2 aliphatic heterocycles. The molecule has 0 saturated carbocycles. The summed E-state index contributed by atoms with van der Waals surface area (Å²) in [4.78, 5) is 17.8. The molecule has 1 aromatic heterocycles. The number of aromatic nitrogens is 3. The van der Waals surface area contributed by atoms with Gasteiger partial charge in [-0.05, 0) is 57.6 Å². The summed E-state index contributed by atoms with van der Waals surface area (Å²) in [5, 5.41) is 0.304. The molecule has 3 rings (SSSR count). The van der Waals surface area contributed by atoms with Gasteiger partial charge in [0.2, 0.25) is 17.2 Å². The summed E-state index contributed by atoms with van der Waals surface area (Å²) in [6.45, 7) is 7.50. The van der Waals surface area contributed by atoms with E-state index in [2.05, 4.69) is 38.6 Å². The highest BCUT2D eigenvalue weighted by Gasteiger charge is 2.34. The highest BCUT2D eigenvalue weighted by molar-refractivity contribution is 6.28. The number of halogens is 1. The Balaban J connectivity index is 1.90. The van der Waals surface area contributed by atoms with Crippen molar-refractivity contribution in [3.63, 3.8) is 0 Å². The quantitative estimate of drug-likeness (QED) is 0.839. The average molecular weight is 296 g/mol. The Morgan fingerprint density at radius 2 is 1.60 bits per heavy atom. The van der Waals surface area contributed by atoms with Crippen molar-refractivity contribution in [3.8, 4) is 0 Å². The molecule has 0 radical (unpaired) electrons. The molecule has 6 heteroatoms. The van der Waals surface area contributed by atoms with Crippen LogP contribution in [0.3, 0.4) is 0 Å². The van der Waals surface area contributed by atoms with Gasteiger partial charge in [0, 0.05) is 25.2 Å². The zero-order chi connectivity index (χ0) is 14.2. The van der Waals surface area contributed by atoms with E-state index in [1.165, 1.54) is 25.7 Å². The summed E-state index contributed by atoms with van der Waals surface area (Å²) in [7, 11) is 0. The second kappa shape index (κ2) is 5.35. The van der Waals surface area contributed by atoms with Gasteiger partial charge in [0.25, 0.3) is 0 Å². The first-order valence-electron chi connectivity index (χ1n) is 7.50. The average Bonchev–Trinajstić information content (AvgIpc) is 2.79. The van der Waals surface area contributed by atoms with Gasteiger partial charge in [0.15, 0.2) is 0 Å². The van der Waals surface area contributed by atoms with Crippen molar-refractivity contribution >= 4 is 23.5 Å². The van der Waals surface area contributed by atoms with Gasteiger partial charge < -0.3 is 9.80 Å². The van der Waals surface area contributed by atoms with Crippen molar-refractivity contribution in [1.29, 1.82) is 0 Å². The number of nitrogens with zero attached hydrogens (tertiary/aromatic N) is 5. The lowest BCUT2D eigenvalue weighted by molar-refractivity contribution is 0.508. The minimum atomic E-state index is 0.101. The maximum atomic E-state index is 6.13. The highest BCUT2D eigenvalue weighted by Crippen LogP contribution is 2.32. The third-order valence-corrected chi connectivity index (χ3v) is 4.53. The summed E-state index contributed by atoms with van der Waals surface area (Å²) in [6, 6.07) is 0. The second-order valence-electron chi connectivity index (χ2n) is 6.32. The van der Waals surface area contributed by atoms with E-state index in [4.69, 9.17) is 11.6 Å². The molecule has 0 spiro atoms. The van der Waals surface area contributed by atoms with E-state index in [0.29, 0.717) is 5.28 Å². The lowest BCUT2D eigenvalue weighted by Crippen LogP contribution is -2.40. The molecule has 0 aromatic carbocycles. The minimum Gasteiger partial charge on any atom is -0.341 e. The van der Waals surface area contributed by atoms with Crippen LogP contribution >= 0.6 is 11.6 Å². The van der Waals surface area contributed by atoms with Crippen molar-refractivity contribution in [2.75, 3.05) is 29.4 Å². The molecular weight excluding hydrogens is 274 g/mol. The number of piperidine rings is 1. The third-order valence-electron chi connectivity index (χ3n) is 4.37. The van der Waals surface area contributed by atoms with Crippen LogP contribution < -0.4 is 9.80 Å². The summed E-state index contributed by atoms with van der Waals surface area (Å²) < 4.78 is 0. The zero-order valence-corrected chi connectivity index (χ0v) is 13.0. The normalized spacial score (nSPS) is 22.4. The van der Waals surface area contributed by atoms with E-state index in [9.17, 15) is 0 Å². The van der Waals surface area contributed by atoms with Crippen molar-refractivity contribution in [2.45, 2.75) is 51.5 Å². The first kappa shape index (κ1) is 13.9. The summed E-state index contributed by atoms with van der Waals surface area (Å²) in [5.74, 6) is 1.47. The Morgan fingerprint density at radius 1 is 0.900 bits per heavy atom. The maximum Gasteiger partial charge on any atom is 0.231 e. The van der Waals surface area contributed by atoms with Crippen LogP contribution in [0.15, 0.2) is 0 Å². The van der Waals surface area contributed by atoms with Crippen LogP contribution in [-0.2, 0) is 0 Å². The molecule has 2 fully saturated rings. The van der Waals surface area contributed by atoms with Gasteiger partial charge in [-0.1, -0.05) is 0 Å².